The third-order valence-corrected chi connectivity index (χ3v) is 4.67. The minimum atomic E-state index is -0.288. The number of nitrogens with zero attached hydrogens (tertiary/aromatic N) is 4. The summed E-state index contributed by atoms with van der Waals surface area (Å²) in [4.78, 5) is 28.1. The lowest BCUT2D eigenvalue weighted by Gasteiger charge is -2.08. The van der Waals surface area contributed by atoms with Crippen LogP contribution in [-0.4, -0.2) is 30.1 Å². The summed E-state index contributed by atoms with van der Waals surface area (Å²) < 4.78 is 3.51. The molecule has 0 saturated carbocycles. The van der Waals surface area contributed by atoms with Gasteiger partial charge in [0.25, 0.3) is 11.5 Å². The highest BCUT2D eigenvalue weighted by Crippen LogP contribution is 2.11. The molecule has 0 aliphatic rings. The molecule has 0 aliphatic heterocycles. The van der Waals surface area contributed by atoms with Crippen molar-refractivity contribution < 1.29 is 4.79 Å². The molecule has 140 valence electrons. The van der Waals surface area contributed by atoms with Crippen molar-refractivity contribution in [1.29, 1.82) is 0 Å². The molecule has 2 N–H and O–H groups in total. The smallest absolute Gasteiger partial charge is 0.262 e. The van der Waals surface area contributed by atoms with Gasteiger partial charge in [-0.15, -0.1) is 16.8 Å². The first kappa shape index (κ1) is 17.8. The highest BCUT2D eigenvalue weighted by atomic mass is 32.1. The van der Waals surface area contributed by atoms with E-state index in [9.17, 15) is 9.59 Å². The fraction of sp³-hybridized carbons (Fsp3) is 0.105. The second kappa shape index (κ2) is 7.20. The first-order valence-electron chi connectivity index (χ1n) is 8.53. The lowest BCUT2D eigenvalue weighted by Crippen LogP contribution is -2.25. The molecule has 0 bridgehead atoms. The number of aromatic nitrogens is 5. The van der Waals surface area contributed by atoms with Gasteiger partial charge in [0.15, 0.2) is 16.2 Å². The molecule has 3 heterocycles. The maximum absolute atomic E-state index is 12.6. The minimum Gasteiger partial charge on any atom is -0.345 e. The fourth-order valence-electron chi connectivity index (χ4n) is 2.96. The van der Waals surface area contributed by atoms with Crippen molar-refractivity contribution in [1.82, 2.24) is 29.5 Å². The van der Waals surface area contributed by atoms with E-state index in [1.165, 1.54) is 4.57 Å². The normalized spacial score (nSPS) is 11.0. The number of allylic oxidation sites excluding steroid dienone is 1. The summed E-state index contributed by atoms with van der Waals surface area (Å²) in [6, 6.07) is 10.4. The van der Waals surface area contributed by atoms with Gasteiger partial charge in [-0.2, -0.15) is 0 Å². The predicted octanol–water partition coefficient (Wildman–Crippen LogP) is 2.22. The molecule has 4 rings (SSSR count). The van der Waals surface area contributed by atoms with Crippen molar-refractivity contribution in [3.05, 3.63) is 81.8 Å². The van der Waals surface area contributed by atoms with E-state index in [1.807, 2.05) is 24.4 Å². The summed E-state index contributed by atoms with van der Waals surface area (Å²) in [6.07, 6.45) is 3.44. The van der Waals surface area contributed by atoms with Crippen LogP contribution in [0.3, 0.4) is 0 Å². The number of hydrogen-bond acceptors (Lipinski definition) is 5. The third kappa shape index (κ3) is 3.12. The van der Waals surface area contributed by atoms with Gasteiger partial charge in [0, 0.05) is 18.3 Å². The molecule has 8 nitrogen and oxygen atoms in total. The van der Waals surface area contributed by atoms with Crippen LogP contribution in [0.4, 0.5) is 0 Å². The number of amides is 1. The summed E-state index contributed by atoms with van der Waals surface area (Å²) in [5.41, 5.74) is 1.41. The number of aromatic amines is 1. The van der Waals surface area contributed by atoms with Crippen molar-refractivity contribution in [3.63, 3.8) is 0 Å². The van der Waals surface area contributed by atoms with Gasteiger partial charge >= 0.3 is 0 Å². The van der Waals surface area contributed by atoms with Crippen LogP contribution in [0.15, 0.2) is 60.0 Å². The van der Waals surface area contributed by atoms with Crippen LogP contribution >= 0.6 is 12.2 Å². The average Bonchev–Trinajstić information content (AvgIpc) is 3.12. The number of fused-ring (bicyclic) bond motifs is 2. The van der Waals surface area contributed by atoms with E-state index in [1.54, 1.807) is 28.7 Å². The molecule has 3 aromatic heterocycles. The van der Waals surface area contributed by atoms with Gasteiger partial charge in [-0.3, -0.25) is 18.6 Å². The molecule has 0 radical (unpaired) electrons. The zero-order chi connectivity index (χ0) is 19.7. The van der Waals surface area contributed by atoms with E-state index in [4.69, 9.17) is 12.2 Å². The van der Waals surface area contributed by atoms with E-state index in [0.29, 0.717) is 34.5 Å². The van der Waals surface area contributed by atoms with Crippen molar-refractivity contribution >= 4 is 34.7 Å². The molecule has 0 spiro atoms. The molecule has 0 aliphatic carbocycles. The van der Waals surface area contributed by atoms with Crippen LogP contribution in [0.5, 0.6) is 0 Å². The van der Waals surface area contributed by atoms with E-state index >= 15 is 0 Å². The Bertz CT molecular complexity index is 1330. The topological polar surface area (TPSA) is 97.1 Å². The second-order valence-electron chi connectivity index (χ2n) is 6.12. The van der Waals surface area contributed by atoms with Crippen LogP contribution in [0, 0.1) is 4.77 Å². The number of hydrogen-bond donors (Lipinski definition) is 2. The number of pyridine rings is 1. The van der Waals surface area contributed by atoms with Gasteiger partial charge < -0.3 is 10.3 Å². The zero-order valence-electron chi connectivity index (χ0n) is 14.8. The van der Waals surface area contributed by atoms with Gasteiger partial charge in [0.2, 0.25) is 0 Å². The van der Waals surface area contributed by atoms with Crippen LogP contribution in [-0.2, 0) is 13.1 Å². The summed E-state index contributed by atoms with van der Waals surface area (Å²) in [5.74, 6) is 0.334. The molecule has 0 fully saturated rings. The Labute approximate surface area is 164 Å². The third-order valence-electron chi connectivity index (χ3n) is 4.35. The predicted molar refractivity (Wildman–Crippen MR) is 108 cm³/mol. The number of rotatable bonds is 5. The standard InChI is InChI=1S/C19H16N6O2S/c1-2-8-25-18(27)13-7-6-12(10-14(13)21-19(25)28)17(26)20-11-16-23-22-15-5-3-4-9-24(15)16/h2-7,9-10H,1,8,11H2,(H,20,26)(H,21,28). The van der Waals surface area contributed by atoms with E-state index in [2.05, 4.69) is 27.1 Å². The molecule has 0 unspecified atom stereocenters. The largest absolute Gasteiger partial charge is 0.345 e. The number of H-pyrrole nitrogens is 1. The van der Waals surface area contributed by atoms with Crippen molar-refractivity contribution in [2.24, 2.45) is 0 Å². The van der Waals surface area contributed by atoms with Crippen LogP contribution < -0.4 is 10.9 Å². The molecule has 1 aromatic carbocycles. The fourth-order valence-corrected chi connectivity index (χ4v) is 3.23. The summed E-state index contributed by atoms with van der Waals surface area (Å²) in [5, 5.41) is 11.4. The molecular weight excluding hydrogens is 376 g/mol. The van der Waals surface area contributed by atoms with E-state index in [0.717, 1.165) is 0 Å². The Morgan fingerprint density at radius 2 is 2.14 bits per heavy atom. The Kier molecular flexibility index (Phi) is 4.58. The van der Waals surface area contributed by atoms with Crippen molar-refractivity contribution in [3.8, 4) is 0 Å². The number of carbonyl (C=O) groups excluding carboxylic acids is 1. The summed E-state index contributed by atoms with van der Waals surface area (Å²) >= 11 is 5.23. The Morgan fingerprint density at radius 1 is 1.29 bits per heavy atom. The van der Waals surface area contributed by atoms with E-state index in [-0.39, 0.29) is 22.8 Å². The highest BCUT2D eigenvalue weighted by molar-refractivity contribution is 7.71. The first-order chi connectivity index (χ1) is 13.6. The van der Waals surface area contributed by atoms with Gasteiger partial charge in [0.1, 0.15) is 0 Å². The lowest BCUT2D eigenvalue weighted by atomic mass is 10.1. The Balaban J connectivity index is 1.61. The number of benzene rings is 1. The van der Waals surface area contributed by atoms with Gasteiger partial charge in [-0.1, -0.05) is 12.1 Å². The first-order valence-corrected chi connectivity index (χ1v) is 8.94. The maximum Gasteiger partial charge on any atom is 0.262 e. The zero-order valence-corrected chi connectivity index (χ0v) is 15.6. The molecule has 9 heteroatoms. The van der Waals surface area contributed by atoms with Crippen LogP contribution in [0.25, 0.3) is 16.6 Å². The quantitative estimate of drug-likeness (QED) is 0.401. The van der Waals surface area contributed by atoms with Gasteiger partial charge in [0.05, 0.1) is 17.4 Å². The van der Waals surface area contributed by atoms with Crippen LogP contribution in [0.1, 0.15) is 16.2 Å². The SMILES string of the molecule is C=CCn1c(=S)[nH]c2cc(C(=O)NCc3nnc4ccccn34)ccc2c1=O. The molecular formula is C19H16N6O2S. The maximum atomic E-state index is 12.6. The highest BCUT2D eigenvalue weighted by Gasteiger charge is 2.11. The molecule has 28 heavy (non-hydrogen) atoms. The van der Waals surface area contributed by atoms with Crippen molar-refractivity contribution in [2.45, 2.75) is 13.1 Å². The van der Waals surface area contributed by atoms with Gasteiger partial charge in [-0.25, -0.2) is 0 Å². The van der Waals surface area contributed by atoms with Gasteiger partial charge in [-0.05, 0) is 42.5 Å². The Morgan fingerprint density at radius 3 is 2.96 bits per heavy atom. The molecule has 0 atom stereocenters. The lowest BCUT2D eigenvalue weighted by molar-refractivity contribution is 0.0950. The number of nitrogens with one attached hydrogen (secondary N) is 2. The summed E-state index contributed by atoms with van der Waals surface area (Å²) in [7, 11) is 0. The Hall–Kier alpha value is -3.59. The van der Waals surface area contributed by atoms with Crippen molar-refractivity contribution in [2.75, 3.05) is 0 Å². The van der Waals surface area contributed by atoms with E-state index < -0.39 is 0 Å². The average molecular weight is 392 g/mol. The van der Waals surface area contributed by atoms with Crippen LogP contribution in [0.2, 0.25) is 0 Å². The second-order valence-corrected chi connectivity index (χ2v) is 6.51. The molecule has 4 aromatic rings. The monoisotopic (exact) mass is 392 g/mol. The minimum absolute atomic E-state index is 0.221. The number of carbonyl (C=O) groups is 1. The summed E-state index contributed by atoms with van der Waals surface area (Å²) in [6.45, 7) is 4.17. The molecule has 1 amide bonds. The molecule has 0 saturated heterocycles.